The Balaban J connectivity index is 1.54. The Morgan fingerprint density at radius 2 is 1.85 bits per heavy atom. The molecule has 0 saturated carbocycles. The summed E-state index contributed by atoms with van der Waals surface area (Å²) in [5, 5.41) is 0.386. The van der Waals surface area contributed by atoms with E-state index in [4.69, 9.17) is 16.3 Å². The van der Waals surface area contributed by atoms with Gasteiger partial charge in [-0.05, 0) is 48.1 Å². The number of benzene rings is 1. The van der Waals surface area contributed by atoms with Gasteiger partial charge in [-0.2, -0.15) is 0 Å². The number of hydrogen-bond donors (Lipinski definition) is 0. The number of nitrogens with zero attached hydrogens (tertiary/aromatic N) is 3. The highest BCUT2D eigenvalue weighted by Gasteiger charge is 2.54. The average molecular weight is 470 g/mol. The molecular weight excluding hydrogens is 442 g/mol. The van der Waals surface area contributed by atoms with Gasteiger partial charge < -0.3 is 9.64 Å². The number of likely N-dealkylation sites (tertiary alicyclic amines) is 2. The molecule has 1 unspecified atom stereocenters. The third-order valence-electron chi connectivity index (χ3n) is 6.80. The lowest BCUT2D eigenvalue weighted by molar-refractivity contribution is -0.143. The van der Waals surface area contributed by atoms with Crippen LogP contribution < -0.4 is 0 Å². The number of pyridine rings is 1. The van der Waals surface area contributed by atoms with E-state index in [1.165, 1.54) is 17.6 Å². The number of amides is 3. The van der Waals surface area contributed by atoms with Crippen LogP contribution in [0.2, 0.25) is 5.02 Å². The minimum atomic E-state index is -1.29. The van der Waals surface area contributed by atoms with Crippen molar-refractivity contribution in [2.45, 2.75) is 37.0 Å². The highest BCUT2D eigenvalue weighted by atomic mass is 35.5. The van der Waals surface area contributed by atoms with Crippen LogP contribution in [0, 0.1) is 0 Å². The van der Waals surface area contributed by atoms with Gasteiger partial charge in [-0.15, -0.1) is 0 Å². The van der Waals surface area contributed by atoms with Crippen LogP contribution in [0.25, 0.3) is 0 Å². The quantitative estimate of drug-likeness (QED) is 0.582. The van der Waals surface area contributed by atoms with Crippen LogP contribution in [0.15, 0.2) is 48.8 Å². The Morgan fingerprint density at radius 1 is 1.15 bits per heavy atom. The molecule has 4 rings (SSSR count). The molecule has 0 N–H and O–H groups in total. The molecule has 2 saturated heterocycles. The van der Waals surface area contributed by atoms with Crippen molar-refractivity contribution in [1.82, 2.24) is 14.8 Å². The first-order valence-corrected chi connectivity index (χ1v) is 11.6. The van der Waals surface area contributed by atoms with Gasteiger partial charge in [-0.25, -0.2) is 0 Å². The van der Waals surface area contributed by atoms with E-state index >= 15 is 0 Å². The fraction of sp³-hybridized carbons (Fsp3) is 0.440. The van der Waals surface area contributed by atoms with Crippen molar-refractivity contribution in [2.75, 3.05) is 33.4 Å². The molecule has 1 aromatic carbocycles. The molecule has 2 fully saturated rings. The molecule has 3 heterocycles. The van der Waals surface area contributed by atoms with Crippen LogP contribution in [0.3, 0.4) is 0 Å². The number of rotatable bonds is 7. The summed E-state index contributed by atoms with van der Waals surface area (Å²) in [5.74, 6) is -0.425. The highest BCUT2D eigenvalue weighted by Crippen LogP contribution is 2.43. The molecule has 2 aliphatic rings. The van der Waals surface area contributed by atoms with E-state index < -0.39 is 5.41 Å². The van der Waals surface area contributed by atoms with Gasteiger partial charge in [0, 0.05) is 50.5 Å². The first-order valence-electron chi connectivity index (χ1n) is 11.2. The largest absolute Gasteiger partial charge is 0.383 e. The molecule has 33 heavy (non-hydrogen) atoms. The summed E-state index contributed by atoms with van der Waals surface area (Å²) >= 11 is 6.48. The third-order valence-corrected chi connectivity index (χ3v) is 7.12. The zero-order chi connectivity index (χ0) is 23.4. The minimum Gasteiger partial charge on any atom is -0.383 e. The summed E-state index contributed by atoms with van der Waals surface area (Å²) in [7, 11) is 1.52. The zero-order valence-electron chi connectivity index (χ0n) is 18.7. The highest BCUT2D eigenvalue weighted by molar-refractivity contribution is 6.32. The molecule has 0 radical (unpaired) electrons. The van der Waals surface area contributed by atoms with Crippen molar-refractivity contribution < 1.29 is 19.1 Å². The average Bonchev–Trinajstić information content (AvgIpc) is 3.07. The fourth-order valence-corrected chi connectivity index (χ4v) is 5.29. The van der Waals surface area contributed by atoms with Crippen LogP contribution in [-0.2, 0) is 24.5 Å². The van der Waals surface area contributed by atoms with Crippen molar-refractivity contribution in [3.05, 3.63) is 64.9 Å². The molecule has 0 bridgehead atoms. The number of carbonyl (C=O) groups excluding carboxylic acids is 3. The third kappa shape index (κ3) is 4.66. The van der Waals surface area contributed by atoms with E-state index in [0.29, 0.717) is 29.6 Å². The van der Waals surface area contributed by atoms with E-state index in [0.717, 1.165) is 12.8 Å². The predicted octanol–water partition coefficient (Wildman–Crippen LogP) is 3.17. The van der Waals surface area contributed by atoms with Crippen LogP contribution >= 0.6 is 11.6 Å². The SMILES string of the molecule is COCCN1C(=O)CC(CC(=O)N2CCC(c3ccncc3)CC2)(c2ccccc2Cl)C1=O. The van der Waals surface area contributed by atoms with Gasteiger partial charge in [0.25, 0.3) is 0 Å². The number of carbonyl (C=O) groups is 3. The molecule has 0 spiro atoms. The van der Waals surface area contributed by atoms with Crippen LogP contribution in [-0.4, -0.2) is 65.9 Å². The molecule has 2 aromatic rings. The molecule has 1 aromatic heterocycles. The standard InChI is InChI=1S/C25H28ClN3O4/c1-33-15-14-29-23(31)17-25(24(29)32,20-4-2-3-5-21(20)26)16-22(30)28-12-8-19(9-13-28)18-6-10-27-11-7-18/h2-7,10-11,19H,8-9,12-17H2,1H3. The number of aromatic nitrogens is 1. The van der Waals surface area contributed by atoms with E-state index in [9.17, 15) is 14.4 Å². The second-order valence-corrected chi connectivity index (χ2v) is 9.10. The van der Waals surface area contributed by atoms with Crippen LogP contribution in [0.5, 0.6) is 0 Å². The van der Waals surface area contributed by atoms with Gasteiger partial charge in [0.05, 0.1) is 18.6 Å². The Kier molecular flexibility index (Phi) is 7.10. The van der Waals surface area contributed by atoms with Crippen molar-refractivity contribution in [3.63, 3.8) is 0 Å². The van der Waals surface area contributed by atoms with Gasteiger partial charge in [0.2, 0.25) is 17.7 Å². The first kappa shape index (κ1) is 23.4. The maximum absolute atomic E-state index is 13.6. The van der Waals surface area contributed by atoms with E-state index in [2.05, 4.69) is 4.98 Å². The lowest BCUT2D eigenvalue weighted by Crippen LogP contribution is -2.45. The topological polar surface area (TPSA) is 79.8 Å². The van der Waals surface area contributed by atoms with E-state index in [-0.39, 0.29) is 43.7 Å². The number of imide groups is 1. The Labute approximate surface area is 198 Å². The summed E-state index contributed by atoms with van der Waals surface area (Å²) in [6, 6.07) is 11.0. The summed E-state index contributed by atoms with van der Waals surface area (Å²) in [5.41, 5.74) is 0.474. The molecule has 7 nitrogen and oxygen atoms in total. The minimum absolute atomic E-state index is 0.0709. The van der Waals surface area contributed by atoms with Crippen molar-refractivity contribution in [3.8, 4) is 0 Å². The van der Waals surface area contributed by atoms with Crippen LogP contribution in [0.4, 0.5) is 0 Å². The second-order valence-electron chi connectivity index (χ2n) is 8.69. The maximum Gasteiger partial charge on any atom is 0.241 e. The Hall–Kier alpha value is -2.77. The number of piperidine rings is 1. The Bertz CT molecular complexity index is 1020. The van der Waals surface area contributed by atoms with Crippen molar-refractivity contribution >= 4 is 29.3 Å². The van der Waals surface area contributed by atoms with Gasteiger partial charge >= 0.3 is 0 Å². The van der Waals surface area contributed by atoms with Gasteiger partial charge in [0.1, 0.15) is 0 Å². The monoisotopic (exact) mass is 469 g/mol. The van der Waals surface area contributed by atoms with Crippen molar-refractivity contribution in [2.24, 2.45) is 0 Å². The summed E-state index contributed by atoms with van der Waals surface area (Å²) in [6.07, 6.45) is 5.13. The molecule has 2 aliphatic heterocycles. The second kappa shape index (κ2) is 10.0. The Morgan fingerprint density at radius 3 is 2.52 bits per heavy atom. The lowest BCUT2D eigenvalue weighted by atomic mass is 9.75. The van der Waals surface area contributed by atoms with Crippen molar-refractivity contribution in [1.29, 1.82) is 0 Å². The molecule has 3 amide bonds. The lowest BCUT2D eigenvalue weighted by Gasteiger charge is -2.35. The molecule has 174 valence electrons. The number of halogens is 1. The number of methoxy groups -OCH3 is 1. The summed E-state index contributed by atoms with van der Waals surface area (Å²) in [4.78, 5) is 46.9. The zero-order valence-corrected chi connectivity index (χ0v) is 19.5. The van der Waals surface area contributed by atoms with Gasteiger partial charge in [-0.1, -0.05) is 29.8 Å². The van der Waals surface area contributed by atoms with Gasteiger partial charge in [-0.3, -0.25) is 24.3 Å². The maximum atomic E-state index is 13.6. The number of hydrogen-bond acceptors (Lipinski definition) is 5. The normalized spacial score (nSPS) is 21.6. The van der Waals surface area contributed by atoms with Gasteiger partial charge in [0.15, 0.2) is 0 Å². The molecule has 1 atom stereocenters. The number of ether oxygens (including phenoxy) is 1. The predicted molar refractivity (Wildman–Crippen MR) is 124 cm³/mol. The smallest absolute Gasteiger partial charge is 0.241 e. The van der Waals surface area contributed by atoms with E-state index in [1.54, 1.807) is 36.7 Å². The summed E-state index contributed by atoms with van der Waals surface area (Å²) < 4.78 is 5.07. The molecule has 8 heteroatoms. The first-order chi connectivity index (χ1) is 16.0. The van der Waals surface area contributed by atoms with Crippen LogP contribution in [0.1, 0.15) is 42.7 Å². The fourth-order valence-electron chi connectivity index (χ4n) is 4.97. The molecular formula is C25H28ClN3O4. The van der Waals surface area contributed by atoms with E-state index in [1.807, 2.05) is 17.0 Å². The summed E-state index contributed by atoms with van der Waals surface area (Å²) in [6.45, 7) is 1.62. The molecule has 0 aliphatic carbocycles.